The Kier molecular flexibility index (Phi) is 1.88. The molecule has 1 heterocycles. The van der Waals surface area contributed by atoms with Crippen molar-refractivity contribution < 1.29 is 9.90 Å². The first-order chi connectivity index (χ1) is 8.03. The van der Waals surface area contributed by atoms with Gasteiger partial charge in [0.05, 0.1) is 11.4 Å². The fourth-order valence-electron chi connectivity index (χ4n) is 2.85. The van der Waals surface area contributed by atoms with Crippen molar-refractivity contribution in [3.63, 3.8) is 0 Å². The van der Waals surface area contributed by atoms with Crippen LogP contribution in [0.15, 0.2) is 24.3 Å². The van der Waals surface area contributed by atoms with E-state index in [2.05, 4.69) is 10.2 Å². The highest BCUT2D eigenvalue weighted by Crippen LogP contribution is 2.64. The molecule has 17 heavy (non-hydrogen) atoms. The second-order valence-corrected chi connectivity index (χ2v) is 5.27. The predicted octanol–water partition coefficient (Wildman–Crippen LogP) is 2.39. The molecule has 4 nitrogen and oxygen atoms in total. The molecule has 0 saturated heterocycles. The van der Waals surface area contributed by atoms with Crippen LogP contribution in [0.25, 0.3) is 10.9 Å². The molecule has 1 aliphatic rings. The lowest BCUT2D eigenvalue weighted by Gasteiger charge is -1.99. The molecular formula is C13H14N2O2. The molecule has 2 aromatic rings. The van der Waals surface area contributed by atoms with Crippen LogP contribution in [-0.4, -0.2) is 21.3 Å². The molecule has 1 aromatic heterocycles. The minimum Gasteiger partial charge on any atom is -0.481 e. The van der Waals surface area contributed by atoms with Crippen LogP contribution < -0.4 is 0 Å². The van der Waals surface area contributed by atoms with Crippen LogP contribution in [0.5, 0.6) is 0 Å². The average Bonchev–Trinajstić information content (AvgIpc) is 2.68. The molecule has 0 aliphatic heterocycles. The van der Waals surface area contributed by atoms with Crippen molar-refractivity contribution >= 4 is 16.9 Å². The molecule has 0 bridgehead atoms. The number of benzene rings is 1. The predicted molar refractivity (Wildman–Crippen MR) is 63.7 cm³/mol. The number of rotatable bonds is 2. The maximum atomic E-state index is 11.2. The topological polar surface area (TPSA) is 66.0 Å². The van der Waals surface area contributed by atoms with Gasteiger partial charge in [0.25, 0.3) is 0 Å². The number of carbonyl (C=O) groups is 1. The molecular weight excluding hydrogens is 216 g/mol. The third-order valence-electron chi connectivity index (χ3n) is 3.90. The van der Waals surface area contributed by atoms with Gasteiger partial charge in [0.15, 0.2) is 0 Å². The molecule has 88 valence electrons. The zero-order chi connectivity index (χ0) is 12.2. The van der Waals surface area contributed by atoms with Crippen molar-refractivity contribution in [1.29, 1.82) is 0 Å². The molecule has 0 radical (unpaired) electrons. The summed E-state index contributed by atoms with van der Waals surface area (Å²) in [6.45, 7) is 3.98. The largest absolute Gasteiger partial charge is 0.481 e. The summed E-state index contributed by atoms with van der Waals surface area (Å²) in [5.74, 6) is -1.00. The molecule has 1 aromatic carbocycles. The van der Waals surface area contributed by atoms with Crippen LogP contribution in [0.4, 0.5) is 0 Å². The van der Waals surface area contributed by atoms with Gasteiger partial charge < -0.3 is 5.11 Å². The minimum atomic E-state index is -0.723. The monoisotopic (exact) mass is 230 g/mol. The van der Waals surface area contributed by atoms with Crippen LogP contribution in [-0.2, 0) is 4.79 Å². The molecule has 2 atom stereocenters. The maximum Gasteiger partial charge on any atom is 0.307 e. The van der Waals surface area contributed by atoms with Gasteiger partial charge in [-0.2, -0.15) is 5.10 Å². The molecule has 0 amide bonds. The van der Waals surface area contributed by atoms with E-state index in [1.807, 2.05) is 38.1 Å². The fraction of sp³-hybridized carbons (Fsp3) is 0.385. The molecule has 1 aliphatic carbocycles. The fourth-order valence-corrected chi connectivity index (χ4v) is 2.85. The Morgan fingerprint density at radius 3 is 2.76 bits per heavy atom. The quantitative estimate of drug-likeness (QED) is 0.832. The molecule has 2 N–H and O–H groups in total. The summed E-state index contributed by atoms with van der Waals surface area (Å²) in [5.41, 5.74) is 1.66. The molecule has 3 rings (SSSR count). The van der Waals surface area contributed by atoms with Crippen molar-refractivity contribution in [2.24, 2.45) is 11.3 Å². The third kappa shape index (κ3) is 1.30. The van der Waals surface area contributed by atoms with Gasteiger partial charge in [-0.3, -0.25) is 9.89 Å². The highest BCUT2D eigenvalue weighted by atomic mass is 16.4. The third-order valence-corrected chi connectivity index (χ3v) is 3.90. The molecule has 4 heteroatoms. The summed E-state index contributed by atoms with van der Waals surface area (Å²) in [6.07, 6.45) is 0. The molecule has 1 fully saturated rings. The summed E-state index contributed by atoms with van der Waals surface area (Å²) in [5, 5.41) is 17.5. The number of carboxylic acids is 1. The number of aromatic nitrogens is 2. The zero-order valence-electron chi connectivity index (χ0n) is 9.77. The number of nitrogens with zero attached hydrogens (tertiary/aromatic N) is 1. The van der Waals surface area contributed by atoms with Crippen LogP contribution in [0, 0.1) is 11.3 Å². The van der Waals surface area contributed by atoms with E-state index in [-0.39, 0.29) is 17.3 Å². The van der Waals surface area contributed by atoms with Crippen molar-refractivity contribution in [3.05, 3.63) is 30.0 Å². The molecule has 1 saturated carbocycles. The number of fused-ring (bicyclic) bond motifs is 1. The summed E-state index contributed by atoms with van der Waals surface area (Å²) < 4.78 is 0. The van der Waals surface area contributed by atoms with E-state index >= 15 is 0 Å². The van der Waals surface area contributed by atoms with Crippen molar-refractivity contribution in [3.8, 4) is 0 Å². The summed E-state index contributed by atoms with van der Waals surface area (Å²) in [6, 6.07) is 7.80. The number of aliphatic carboxylic acids is 1. The highest BCUT2D eigenvalue weighted by molar-refractivity contribution is 5.85. The SMILES string of the molecule is CC1(C)C(C(=O)O)C1c1[nH]nc2ccccc12. The lowest BCUT2D eigenvalue weighted by molar-refractivity contribution is -0.139. The average molecular weight is 230 g/mol. The Morgan fingerprint density at radius 1 is 1.41 bits per heavy atom. The Hall–Kier alpha value is -1.84. The Bertz CT molecular complexity index is 600. The van der Waals surface area contributed by atoms with E-state index in [1.165, 1.54) is 0 Å². The van der Waals surface area contributed by atoms with E-state index in [0.717, 1.165) is 16.6 Å². The summed E-state index contributed by atoms with van der Waals surface area (Å²) in [4.78, 5) is 11.2. The number of hydrogen-bond acceptors (Lipinski definition) is 2. The van der Waals surface area contributed by atoms with Gasteiger partial charge in [0.1, 0.15) is 0 Å². The lowest BCUT2D eigenvalue weighted by Crippen LogP contribution is -2.03. The number of H-pyrrole nitrogens is 1. The van der Waals surface area contributed by atoms with Gasteiger partial charge in [0.2, 0.25) is 0 Å². The number of nitrogens with one attached hydrogen (secondary N) is 1. The summed E-state index contributed by atoms with van der Waals surface area (Å²) in [7, 11) is 0. The minimum absolute atomic E-state index is 0.0346. The highest BCUT2D eigenvalue weighted by Gasteiger charge is 2.63. The van der Waals surface area contributed by atoms with E-state index in [0.29, 0.717) is 0 Å². The van der Waals surface area contributed by atoms with Gasteiger partial charge in [-0.15, -0.1) is 0 Å². The number of carboxylic acid groups (broad SMARTS) is 1. The number of aromatic amines is 1. The van der Waals surface area contributed by atoms with Crippen LogP contribution in [0.1, 0.15) is 25.5 Å². The first-order valence-corrected chi connectivity index (χ1v) is 5.69. The lowest BCUT2D eigenvalue weighted by atomic mass is 10.1. The van der Waals surface area contributed by atoms with Gasteiger partial charge in [0, 0.05) is 17.0 Å². The Morgan fingerprint density at radius 2 is 2.12 bits per heavy atom. The van der Waals surface area contributed by atoms with Crippen LogP contribution >= 0.6 is 0 Å². The Labute approximate surface area is 98.6 Å². The summed E-state index contributed by atoms with van der Waals surface area (Å²) >= 11 is 0. The van der Waals surface area contributed by atoms with E-state index < -0.39 is 5.97 Å². The Balaban J connectivity index is 2.09. The standard InChI is InChI=1S/C13H14N2O2/c1-13(2)9(10(13)12(16)17)11-7-5-3-4-6-8(7)14-15-11/h3-6,9-10H,1-2H3,(H,14,15)(H,16,17). The van der Waals surface area contributed by atoms with Gasteiger partial charge in [-0.05, 0) is 11.5 Å². The number of hydrogen-bond donors (Lipinski definition) is 2. The first kappa shape index (κ1) is 10.3. The van der Waals surface area contributed by atoms with Gasteiger partial charge >= 0.3 is 5.97 Å². The smallest absolute Gasteiger partial charge is 0.307 e. The second-order valence-electron chi connectivity index (χ2n) is 5.27. The van der Waals surface area contributed by atoms with Gasteiger partial charge in [-0.25, -0.2) is 0 Å². The number of para-hydroxylation sites is 1. The van der Waals surface area contributed by atoms with Crippen molar-refractivity contribution in [2.45, 2.75) is 19.8 Å². The van der Waals surface area contributed by atoms with Crippen LogP contribution in [0.3, 0.4) is 0 Å². The van der Waals surface area contributed by atoms with Crippen molar-refractivity contribution in [1.82, 2.24) is 10.2 Å². The normalized spacial score (nSPS) is 26.0. The maximum absolute atomic E-state index is 11.2. The molecule has 0 spiro atoms. The van der Waals surface area contributed by atoms with Crippen molar-refractivity contribution in [2.75, 3.05) is 0 Å². The van der Waals surface area contributed by atoms with Gasteiger partial charge in [-0.1, -0.05) is 32.0 Å². The zero-order valence-corrected chi connectivity index (χ0v) is 9.77. The second kappa shape index (κ2) is 3.09. The van der Waals surface area contributed by atoms with E-state index in [1.54, 1.807) is 0 Å². The van der Waals surface area contributed by atoms with E-state index in [4.69, 9.17) is 0 Å². The van der Waals surface area contributed by atoms with Crippen LogP contribution in [0.2, 0.25) is 0 Å². The molecule has 2 unspecified atom stereocenters. The first-order valence-electron chi connectivity index (χ1n) is 5.69. The van der Waals surface area contributed by atoms with E-state index in [9.17, 15) is 9.90 Å².